The minimum absolute atomic E-state index is 0. The first-order valence-corrected chi connectivity index (χ1v) is 4.80. The van der Waals surface area contributed by atoms with Crippen LogP contribution < -0.4 is 0 Å². The van der Waals surface area contributed by atoms with E-state index < -0.39 is 0 Å². The molecule has 0 heterocycles. The van der Waals surface area contributed by atoms with E-state index in [-0.39, 0.29) is 5.48 Å². The van der Waals surface area contributed by atoms with Crippen LogP contribution in [0.1, 0.15) is 32.6 Å². The average Bonchev–Trinajstić information content (AvgIpc) is 1.69. The van der Waals surface area contributed by atoms with Gasteiger partial charge in [-0.15, -0.1) is 0 Å². The second kappa shape index (κ2) is 10.8. The molecule has 0 saturated carbocycles. The monoisotopic (exact) mass is 193 g/mol. The first-order valence-electron chi connectivity index (χ1n) is 3.06. The Morgan fingerprint density at radius 3 is 2.12 bits per heavy atom. The zero-order valence-electron chi connectivity index (χ0n) is 5.54. The third-order valence-electron chi connectivity index (χ3n) is 1.03. The summed E-state index contributed by atoms with van der Waals surface area (Å²) in [6.45, 7) is 2.25. The molecule has 0 aliphatic carbocycles. The molecule has 0 aromatic rings. The van der Waals surface area contributed by atoms with Gasteiger partial charge < -0.3 is 5.48 Å². The Morgan fingerprint density at radius 1 is 1.12 bits per heavy atom. The SMILES string of the molecule is CCCCC[CH2][Zr].O. The van der Waals surface area contributed by atoms with Crippen molar-refractivity contribution in [2.24, 2.45) is 0 Å². The van der Waals surface area contributed by atoms with Gasteiger partial charge in [-0.3, -0.25) is 0 Å². The molecule has 0 rings (SSSR count). The van der Waals surface area contributed by atoms with Crippen molar-refractivity contribution in [1.82, 2.24) is 0 Å². The molecule has 1 nitrogen and oxygen atoms in total. The fourth-order valence-corrected chi connectivity index (χ4v) is 1.17. The molecule has 0 atom stereocenters. The smallest absolute Gasteiger partial charge is 0.412 e. The predicted molar refractivity (Wildman–Crippen MR) is 32.6 cm³/mol. The van der Waals surface area contributed by atoms with Gasteiger partial charge in [-0.2, -0.15) is 0 Å². The predicted octanol–water partition coefficient (Wildman–Crippen LogP) is 1.71. The molecule has 0 unspecified atom stereocenters. The molecule has 2 heteroatoms. The van der Waals surface area contributed by atoms with Gasteiger partial charge in [-0.05, 0) is 0 Å². The minimum Gasteiger partial charge on any atom is -0.412 e. The van der Waals surface area contributed by atoms with Gasteiger partial charge in [0.15, 0.2) is 0 Å². The normalized spacial score (nSPS) is 8.00. The van der Waals surface area contributed by atoms with Crippen LogP contribution in [0, 0.1) is 0 Å². The molecule has 0 aliphatic heterocycles. The molecule has 0 amide bonds. The molecule has 0 radical (unpaired) electrons. The topological polar surface area (TPSA) is 31.5 Å². The van der Waals surface area contributed by atoms with Crippen molar-refractivity contribution in [3.63, 3.8) is 0 Å². The molecule has 0 aromatic heterocycles. The molecule has 0 aromatic carbocycles. The summed E-state index contributed by atoms with van der Waals surface area (Å²) in [6.07, 6.45) is 5.73. The quantitative estimate of drug-likeness (QED) is 0.610. The number of unbranched alkanes of at least 4 members (excludes halogenated alkanes) is 3. The van der Waals surface area contributed by atoms with Crippen molar-refractivity contribution in [2.75, 3.05) is 0 Å². The van der Waals surface area contributed by atoms with E-state index in [2.05, 4.69) is 6.92 Å². The van der Waals surface area contributed by atoms with Gasteiger partial charge in [0.1, 0.15) is 0 Å². The van der Waals surface area contributed by atoms with E-state index in [1.165, 1.54) is 29.8 Å². The Labute approximate surface area is 67.0 Å². The standard InChI is InChI=1S/C6H13.H2O.Zr/c1-3-5-6-4-2;;/h1,3-6H2,2H3;1H2;. The molecule has 0 fully saturated rings. The van der Waals surface area contributed by atoms with Crippen LogP contribution in [0.5, 0.6) is 0 Å². The fraction of sp³-hybridized carbons (Fsp3) is 1.00. The van der Waals surface area contributed by atoms with Crippen LogP contribution in [-0.4, -0.2) is 5.48 Å². The number of hydrogen-bond donors (Lipinski definition) is 0. The van der Waals surface area contributed by atoms with Crippen molar-refractivity contribution < 1.29 is 30.2 Å². The zero-order valence-corrected chi connectivity index (χ0v) is 7.99. The Bertz CT molecular complexity index is 27.7. The largest absolute Gasteiger partial charge is 0.412 e. The molecule has 0 bridgehead atoms. The van der Waals surface area contributed by atoms with Gasteiger partial charge in [0.2, 0.25) is 0 Å². The maximum Gasteiger partial charge on any atom is -0.412 e. The van der Waals surface area contributed by atoms with Crippen molar-refractivity contribution >= 4 is 0 Å². The van der Waals surface area contributed by atoms with Gasteiger partial charge in [0.05, 0.1) is 0 Å². The molecule has 0 spiro atoms. The van der Waals surface area contributed by atoms with Crippen LogP contribution in [0.25, 0.3) is 0 Å². The third kappa shape index (κ3) is 9.96. The summed E-state index contributed by atoms with van der Waals surface area (Å²) in [5.74, 6) is 0. The minimum atomic E-state index is 0. The van der Waals surface area contributed by atoms with E-state index in [4.69, 9.17) is 0 Å². The summed E-state index contributed by atoms with van der Waals surface area (Å²) in [5, 5.41) is 0. The third-order valence-corrected chi connectivity index (χ3v) is 1.90. The summed E-state index contributed by atoms with van der Waals surface area (Å²) in [4.78, 5) is 0. The Hall–Kier alpha value is 0.843. The van der Waals surface area contributed by atoms with Crippen LogP contribution in [0.4, 0.5) is 0 Å². The molecule has 0 aliphatic rings. The Balaban J connectivity index is 0. The summed E-state index contributed by atoms with van der Waals surface area (Å²) < 4.78 is 1.45. The van der Waals surface area contributed by atoms with Gasteiger partial charge in [0, 0.05) is 0 Å². The Morgan fingerprint density at radius 2 is 1.75 bits per heavy atom. The first kappa shape index (κ1) is 11.6. The molecule has 2 N–H and O–H groups in total. The van der Waals surface area contributed by atoms with Crippen molar-refractivity contribution in [1.29, 1.82) is 0 Å². The summed E-state index contributed by atoms with van der Waals surface area (Å²) in [5.41, 5.74) is 0. The van der Waals surface area contributed by atoms with E-state index in [9.17, 15) is 0 Å². The maximum atomic E-state index is 2.25. The molecular formula is C6H15OZr. The van der Waals surface area contributed by atoms with Crippen molar-refractivity contribution in [3.05, 3.63) is 0 Å². The second-order valence-corrected chi connectivity index (χ2v) is 3.04. The van der Waals surface area contributed by atoms with Gasteiger partial charge in [-0.1, -0.05) is 0 Å². The van der Waals surface area contributed by atoms with E-state index in [0.717, 1.165) is 0 Å². The molecule has 49 valence electrons. The van der Waals surface area contributed by atoms with Crippen LogP contribution in [0.2, 0.25) is 4.13 Å². The average molecular weight is 194 g/mol. The van der Waals surface area contributed by atoms with Gasteiger partial charge in [0.25, 0.3) is 0 Å². The summed E-state index contributed by atoms with van der Waals surface area (Å²) >= 11 is 1.70. The van der Waals surface area contributed by atoms with Gasteiger partial charge in [-0.25, -0.2) is 0 Å². The Kier molecular flexibility index (Phi) is 15.6. The van der Waals surface area contributed by atoms with E-state index in [1.54, 1.807) is 24.7 Å². The zero-order chi connectivity index (χ0) is 5.54. The van der Waals surface area contributed by atoms with Crippen molar-refractivity contribution in [2.45, 2.75) is 36.7 Å². The van der Waals surface area contributed by atoms with Crippen molar-refractivity contribution in [3.8, 4) is 0 Å². The van der Waals surface area contributed by atoms with Crippen LogP contribution in [0.3, 0.4) is 0 Å². The number of hydrogen-bond acceptors (Lipinski definition) is 0. The molecule has 8 heavy (non-hydrogen) atoms. The number of rotatable bonds is 4. The molecular weight excluding hydrogens is 179 g/mol. The fourth-order valence-electron chi connectivity index (χ4n) is 0.552. The summed E-state index contributed by atoms with van der Waals surface area (Å²) in [7, 11) is 0. The first-order chi connectivity index (χ1) is 3.41. The maximum absolute atomic E-state index is 2.25. The van der Waals surface area contributed by atoms with Crippen LogP contribution >= 0.6 is 0 Å². The van der Waals surface area contributed by atoms with E-state index >= 15 is 0 Å². The van der Waals surface area contributed by atoms with Crippen LogP contribution in [0.15, 0.2) is 0 Å². The summed E-state index contributed by atoms with van der Waals surface area (Å²) in [6, 6.07) is 0. The van der Waals surface area contributed by atoms with Gasteiger partial charge >= 0.3 is 61.5 Å². The second-order valence-electron chi connectivity index (χ2n) is 1.81. The van der Waals surface area contributed by atoms with E-state index in [0.29, 0.717) is 0 Å². The van der Waals surface area contributed by atoms with Crippen LogP contribution in [-0.2, 0) is 24.7 Å². The van der Waals surface area contributed by atoms with E-state index in [1.807, 2.05) is 0 Å². The molecule has 0 saturated heterocycles.